The molecule has 1 amide bonds. The van der Waals surface area contributed by atoms with Gasteiger partial charge in [0.25, 0.3) is 12.4 Å². The van der Waals surface area contributed by atoms with E-state index in [0.717, 1.165) is 29.8 Å². The van der Waals surface area contributed by atoms with Gasteiger partial charge in [-0.2, -0.15) is 0 Å². The summed E-state index contributed by atoms with van der Waals surface area (Å²) in [5.74, 6) is 0.998. The van der Waals surface area contributed by atoms with Crippen LogP contribution < -0.4 is 5.73 Å². The molecule has 2 heterocycles. The highest BCUT2D eigenvalue weighted by Gasteiger charge is 2.28. The summed E-state index contributed by atoms with van der Waals surface area (Å²) < 4.78 is 4.98. The van der Waals surface area contributed by atoms with E-state index in [2.05, 4.69) is 11.2 Å². The van der Waals surface area contributed by atoms with Crippen molar-refractivity contribution in [1.82, 2.24) is 10.1 Å². The first-order valence-electron chi connectivity index (χ1n) is 8.75. The third-order valence-electron chi connectivity index (χ3n) is 4.64. The average molecular weight is 394 g/mol. The molecule has 1 fully saturated rings. The van der Waals surface area contributed by atoms with Gasteiger partial charge < -0.3 is 20.3 Å². The molecule has 27 heavy (non-hydrogen) atoms. The molecule has 1 atom stereocenters. The maximum atomic E-state index is 12.4. The molecule has 1 aliphatic heterocycles. The number of nitrogens with zero attached hydrogens (tertiary/aromatic N) is 2. The van der Waals surface area contributed by atoms with Gasteiger partial charge in [-0.25, -0.2) is 0 Å². The molecule has 1 aliphatic rings. The normalized spacial score (nSPS) is 15.6. The van der Waals surface area contributed by atoms with Crippen LogP contribution in [0.5, 0.6) is 0 Å². The summed E-state index contributed by atoms with van der Waals surface area (Å²) in [6.45, 7) is 2.95. The average Bonchev–Trinajstić information content (AvgIpc) is 3.08. The maximum absolute atomic E-state index is 12.4. The van der Waals surface area contributed by atoms with E-state index < -0.39 is 0 Å². The van der Waals surface area contributed by atoms with E-state index in [-0.39, 0.29) is 18.4 Å². The molecule has 1 aromatic carbocycles. The summed E-state index contributed by atoms with van der Waals surface area (Å²) in [5, 5.41) is 11.4. The molecule has 0 aliphatic carbocycles. The third-order valence-corrected chi connectivity index (χ3v) is 4.87. The molecule has 3 N–H and O–H groups in total. The minimum atomic E-state index is -0.250. The van der Waals surface area contributed by atoms with Gasteiger partial charge in [0.15, 0.2) is 5.69 Å². The number of aromatic nitrogens is 1. The van der Waals surface area contributed by atoms with Crippen LogP contribution >= 0.6 is 11.6 Å². The minimum Gasteiger partial charge on any atom is -0.483 e. The van der Waals surface area contributed by atoms with Gasteiger partial charge in [-0.05, 0) is 49.8 Å². The van der Waals surface area contributed by atoms with Crippen molar-refractivity contribution in [2.45, 2.75) is 32.2 Å². The highest BCUT2D eigenvalue weighted by atomic mass is 35.5. The Morgan fingerprint density at radius 1 is 1.44 bits per heavy atom. The molecule has 3 rings (SSSR count). The predicted molar refractivity (Wildman–Crippen MR) is 102 cm³/mol. The predicted octanol–water partition coefficient (Wildman–Crippen LogP) is 2.76. The van der Waals surface area contributed by atoms with Gasteiger partial charge in [0.2, 0.25) is 0 Å². The van der Waals surface area contributed by atoms with Crippen molar-refractivity contribution in [1.29, 1.82) is 0 Å². The van der Waals surface area contributed by atoms with Crippen molar-refractivity contribution in [3.8, 4) is 0 Å². The number of amides is 1. The van der Waals surface area contributed by atoms with E-state index in [1.807, 2.05) is 23.1 Å². The van der Waals surface area contributed by atoms with Crippen LogP contribution in [-0.4, -0.2) is 46.7 Å². The molecule has 0 radical (unpaired) electrons. The number of hydrogen-bond donors (Lipinski definition) is 2. The monoisotopic (exact) mass is 393 g/mol. The minimum absolute atomic E-state index is 0.0614. The summed E-state index contributed by atoms with van der Waals surface area (Å²) in [7, 11) is 0. The number of benzene rings is 1. The second kappa shape index (κ2) is 10.1. The Balaban J connectivity index is 0.000000817. The van der Waals surface area contributed by atoms with Gasteiger partial charge in [0, 0.05) is 30.2 Å². The highest BCUT2D eigenvalue weighted by Crippen LogP contribution is 2.24. The van der Waals surface area contributed by atoms with E-state index in [1.54, 1.807) is 13.0 Å². The van der Waals surface area contributed by atoms with Crippen molar-refractivity contribution < 1.29 is 19.2 Å². The molecule has 8 heteroatoms. The van der Waals surface area contributed by atoms with E-state index in [0.29, 0.717) is 30.5 Å². The number of nitrogens with two attached hydrogens (primary N) is 1. The maximum Gasteiger partial charge on any atom is 0.290 e. The van der Waals surface area contributed by atoms with Gasteiger partial charge in [0.05, 0.1) is 0 Å². The lowest BCUT2D eigenvalue weighted by molar-refractivity contribution is -0.122. The quantitative estimate of drug-likeness (QED) is 0.773. The second-order valence-electron chi connectivity index (χ2n) is 6.56. The molecule has 2 aromatic rings. The first kappa shape index (κ1) is 20.9. The topological polar surface area (TPSA) is 110 Å². The smallest absolute Gasteiger partial charge is 0.290 e. The third kappa shape index (κ3) is 6.08. The van der Waals surface area contributed by atoms with Crippen molar-refractivity contribution in [2.75, 3.05) is 13.1 Å². The summed E-state index contributed by atoms with van der Waals surface area (Å²) in [6.07, 6.45) is 2.62. The van der Waals surface area contributed by atoms with Crippen molar-refractivity contribution in [3.63, 3.8) is 0 Å². The Kier molecular flexibility index (Phi) is 7.82. The first-order chi connectivity index (χ1) is 12.9. The number of likely N-dealkylation sites (tertiary alicyclic amines) is 1. The van der Waals surface area contributed by atoms with Crippen LogP contribution in [0, 0.1) is 12.8 Å². The summed E-state index contributed by atoms with van der Waals surface area (Å²) >= 11 is 6.03. The fraction of sp³-hybridized carbons (Fsp3) is 0.421. The zero-order valence-electron chi connectivity index (χ0n) is 15.2. The number of carboxylic acid groups (broad SMARTS) is 1. The number of hydrogen-bond acceptors (Lipinski definition) is 5. The Hall–Kier alpha value is -2.38. The van der Waals surface area contributed by atoms with Crippen LogP contribution in [0.4, 0.5) is 0 Å². The summed E-state index contributed by atoms with van der Waals surface area (Å²) in [5.41, 5.74) is 7.94. The van der Waals surface area contributed by atoms with Crippen LogP contribution in [0.25, 0.3) is 0 Å². The van der Waals surface area contributed by atoms with Crippen LogP contribution in [-0.2, 0) is 11.2 Å². The largest absolute Gasteiger partial charge is 0.483 e. The second-order valence-corrected chi connectivity index (χ2v) is 6.99. The summed E-state index contributed by atoms with van der Waals surface area (Å²) in [6, 6.07) is 9.59. The number of rotatable bonds is 4. The number of aryl methyl sites for hydroxylation is 1. The summed E-state index contributed by atoms with van der Waals surface area (Å²) in [4.78, 5) is 22.6. The molecule has 1 aromatic heterocycles. The van der Waals surface area contributed by atoms with Gasteiger partial charge >= 0.3 is 0 Å². The number of halogens is 1. The van der Waals surface area contributed by atoms with Gasteiger partial charge in [-0.3, -0.25) is 9.59 Å². The molecule has 146 valence electrons. The van der Waals surface area contributed by atoms with Gasteiger partial charge in [-0.15, -0.1) is 0 Å². The van der Waals surface area contributed by atoms with Crippen LogP contribution in [0.1, 0.15) is 34.7 Å². The number of piperidine rings is 1. The molecule has 0 bridgehead atoms. The first-order valence-corrected chi connectivity index (χ1v) is 9.13. The molecular formula is C19H24ClN3O4. The van der Waals surface area contributed by atoms with Crippen LogP contribution in [0.3, 0.4) is 0 Å². The van der Waals surface area contributed by atoms with E-state index >= 15 is 0 Å². The fourth-order valence-corrected chi connectivity index (χ4v) is 3.48. The number of carbonyl (C=O) groups excluding carboxylic acids is 1. The van der Waals surface area contributed by atoms with Crippen LogP contribution in [0.15, 0.2) is 34.9 Å². The van der Waals surface area contributed by atoms with E-state index in [4.69, 9.17) is 31.8 Å². The highest BCUT2D eigenvalue weighted by molar-refractivity contribution is 6.30. The molecule has 1 saturated heterocycles. The Morgan fingerprint density at radius 2 is 2.11 bits per heavy atom. The Morgan fingerprint density at radius 3 is 2.67 bits per heavy atom. The van der Waals surface area contributed by atoms with E-state index in [1.165, 1.54) is 0 Å². The van der Waals surface area contributed by atoms with Gasteiger partial charge in [0.1, 0.15) is 5.76 Å². The molecule has 1 unspecified atom stereocenters. The van der Waals surface area contributed by atoms with Crippen molar-refractivity contribution >= 4 is 24.0 Å². The van der Waals surface area contributed by atoms with Crippen molar-refractivity contribution in [3.05, 3.63) is 52.4 Å². The lowest BCUT2D eigenvalue weighted by Crippen LogP contribution is -2.44. The fourth-order valence-electron chi connectivity index (χ4n) is 3.26. The van der Waals surface area contributed by atoms with E-state index in [9.17, 15) is 4.79 Å². The molecule has 0 saturated carbocycles. The molecule has 7 nitrogen and oxygen atoms in total. The molecular weight excluding hydrogens is 370 g/mol. The SMILES string of the molecule is Cc1cc(C(=O)N2CCC(C(N)Cc3cccc(Cl)c3)CC2)no1.O=CO. The zero-order valence-corrected chi connectivity index (χ0v) is 15.9. The van der Waals surface area contributed by atoms with Crippen LogP contribution in [0.2, 0.25) is 5.02 Å². The van der Waals surface area contributed by atoms with Crippen molar-refractivity contribution in [2.24, 2.45) is 11.7 Å². The number of carbonyl (C=O) groups is 2. The molecule has 0 spiro atoms. The Labute approximate surface area is 163 Å². The van der Waals surface area contributed by atoms with Gasteiger partial charge in [-0.1, -0.05) is 28.9 Å². The lowest BCUT2D eigenvalue weighted by Gasteiger charge is -2.34. The zero-order chi connectivity index (χ0) is 19.8. The Bertz CT molecular complexity index is 757. The lowest BCUT2D eigenvalue weighted by atomic mass is 9.86. The standard InChI is InChI=1S/C18H22ClN3O2.CH2O2/c1-12-9-17(21-24-12)18(23)22-7-5-14(6-8-22)16(20)11-13-3-2-4-15(19)10-13;2-1-3/h2-4,9-10,14,16H,5-8,11,20H2,1H3;1H,(H,2,3).